The Balaban J connectivity index is 2.35. The second-order valence-corrected chi connectivity index (χ2v) is 3.92. The lowest BCUT2D eigenvalue weighted by Gasteiger charge is -2.19. The molecule has 1 aromatic carbocycles. The summed E-state index contributed by atoms with van der Waals surface area (Å²) in [5.41, 5.74) is 1.33. The molecule has 0 spiro atoms. The average Bonchev–Trinajstić information content (AvgIpc) is 2.42. The van der Waals surface area contributed by atoms with E-state index >= 15 is 0 Å². The lowest BCUT2D eigenvalue weighted by Crippen LogP contribution is -2.33. The molecule has 1 N–H and O–H groups in total. The smallest absolute Gasteiger partial charge is 0.254 e. The highest BCUT2D eigenvalue weighted by atomic mass is 19.1. The third-order valence-electron chi connectivity index (χ3n) is 2.83. The van der Waals surface area contributed by atoms with Gasteiger partial charge in [-0.25, -0.2) is 4.39 Å². The Hall–Kier alpha value is -1.42. The van der Waals surface area contributed by atoms with Crippen LogP contribution < -0.4 is 0 Å². The summed E-state index contributed by atoms with van der Waals surface area (Å²) < 4.78 is 13.1. The van der Waals surface area contributed by atoms with Crippen molar-refractivity contribution in [3.8, 4) is 0 Å². The molecule has 3 nitrogen and oxygen atoms in total. The number of aliphatic hydroxyl groups excluding tert-OH is 1. The van der Waals surface area contributed by atoms with E-state index in [0.29, 0.717) is 18.7 Å². The van der Waals surface area contributed by atoms with E-state index in [0.717, 1.165) is 18.4 Å². The molecule has 0 unspecified atom stereocenters. The highest BCUT2D eigenvalue weighted by Crippen LogP contribution is 2.19. The predicted molar refractivity (Wildman–Crippen MR) is 57.7 cm³/mol. The Morgan fingerprint density at radius 2 is 2.25 bits per heavy atom. The number of carbonyl (C=O) groups is 1. The van der Waals surface area contributed by atoms with Crippen LogP contribution in [0.3, 0.4) is 0 Å². The van der Waals surface area contributed by atoms with Gasteiger partial charge in [-0.3, -0.25) is 4.79 Å². The molecule has 0 atom stereocenters. The molecule has 86 valence electrons. The van der Waals surface area contributed by atoms with Gasteiger partial charge in [0.15, 0.2) is 0 Å². The maximum atomic E-state index is 13.1. The van der Waals surface area contributed by atoms with Crippen LogP contribution in [0.4, 0.5) is 4.39 Å². The third kappa shape index (κ3) is 2.07. The van der Waals surface area contributed by atoms with E-state index in [9.17, 15) is 9.18 Å². The minimum Gasteiger partial charge on any atom is -0.395 e. The van der Waals surface area contributed by atoms with Crippen molar-refractivity contribution < 1.29 is 14.3 Å². The van der Waals surface area contributed by atoms with Crippen molar-refractivity contribution >= 4 is 5.91 Å². The molecule has 0 radical (unpaired) electrons. The minimum atomic E-state index is -0.391. The van der Waals surface area contributed by atoms with Gasteiger partial charge in [0.05, 0.1) is 6.61 Å². The zero-order valence-corrected chi connectivity index (χ0v) is 8.95. The van der Waals surface area contributed by atoms with Crippen LogP contribution in [0.5, 0.6) is 0 Å². The first kappa shape index (κ1) is 11.1. The minimum absolute atomic E-state index is 0.0591. The zero-order chi connectivity index (χ0) is 11.5. The van der Waals surface area contributed by atoms with Crippen LogP contribution in [0, 0.1) is 5.82 Å². The number of benzene rings is 1. The van der Waals surface area contributed by atoms with E-state index in [4.69, 9.17) is 5.11 Å². The second kappa shape index (κ2) is 4.61. The van der Waals surface area contributed by atoms with Gasteiger partial charge in [-0.15, -0.1) is 0 Å². The molecule has 0 saturated heterocycles. The molecule has 4 heteroatoms. The number of β-amino-alcohol motifs (C(OH)–C–C–N with tert-alkyl or cyclic N) is 1. The van der Waals surface area contributed by atoms with Crippen molar-refractivity contribution in [2.75, 3.05) is 19.7 Å². The zero-order valence-electron chi connectivity index (χ0n) is 8.95. The van der Waals surface area contributed by atoms with Gasteiger partial charge in [-0.05, 0) is 30.5 Å². The van der Waals surface area contributed by atoms with Crippen LogP contribution in [0.2, 0.25) is 0 Å². The molecule has 2 rings (SSSR count). The van der Waals surface area contributed by atoms with Crippen LogP contribution in [0.1, 0.15) is 22.3 Å². The van der Waals surface area contributed by atoms with Crippen molar-refractivity contribution in [3.63, 3.8) is 0 Å². The topological polar surface area (TPSA) is 40.5 Å². The summed E-state index contributed by atoms with van der Waals surface area (Å²) in [6, 6.07) is 4.34. The van der Waals surface area contributed by atoms with Gasteiger partial charge in [0.25, 0.3) is 5.91 Å². The van der Waals surface area contributed by atoms with Gasteiger partial charge < -0.3 is 10.0 Å². The number of rotatable bonds is 2. The number of amides is 1. The molecule has 0 aromatic heterocycles. The van der Waals surface area contributed by atoms with Crippen molar-refractivity contribution in [2.45, 2.75) is 12.8 Å². The molecule has 1 amide bonds. The maximum absolute atomic E-state index is 13.1. The summed E-state index contributed by atoms with van der Waals surface area (Å²) in [5.74, 6) is -0.570. The summed E-state index contributed by atoms with van der Waals surface area (Å²) in [5, 5.41) is 8.86. The average molecular weight is 223 g/mol. The predicted octanol–water partition coefficient (Wildman–Crippen LogP) is 1.21. The second-order valence-electron chi connectivity index (χ2n) is 3.92. The van der Waals surface area contributed by atoms with E-state index in [2.05, 4.69) is 0 Å². The molecule has 1 aromatic rings. The SMILES string of the molecule is O=C1c2cc(F)ccc2CCCN1CCO. The van der Waals surface area contributed by atoms with E-state index < -0.39 is 5.82 Å². The molecule has 0 saturated carbocycles. The number of halogens is 1. The van der Waals surface area contributed by atoms with E-state index in [1.165, 1.54) is 12.1 Å². The number of hydrogen-bond acceptors (Lipinski definition) is 2. The normalized spacial score (nSPS) is 15.9. The fourth-order valence-corrected chi connectivity index (χ4v) is 2.03. The van der Waals surface area contributed by atoms with Crippen LogP contribution in [-0.2, 0) is 6.42 Å². The monoisotopic (exact) mass is 223 g/mol. The Kier molecular flexibility index (Phi) is 3.19. The van der Waals surface area contributed by atoms with Gasteiger partial charge in [0.2, 0.25) is 0 Å². The summed E-state index contributed by atoms with van der Waals surface area (Å²) in [6.07, 6.45) is 1.63. The molecule has 1 aliphatic rings. The molecule has 0 bridgehead atoms. The third-order valence-corrected chi connectivity index (χ3v) is 2.83. The van der Waals surface area contributed by atoms with E-state index in [-0.39, 0.29) is 12.5 Å². The van der Waals surface area contributed by atoms with Crippen LogP contribution in [-0.4, -0.2) is 35.6 Å². The molecular formula is C12H14FNO2. The van der Waals surface area contributed by atoms with Crippen LogP contribution in [0.25, 0.3) is 0 Å². The Bertz CT molecular complexity index is 406. The van der Waals surface area contributed by atoms with Crippen molar-refractivity contribution in [1.29, 1.82) is 0 Å². The molecule has 1 heterocycles. The Morgan fingerprint density at radius 3 is 3.00 bits per heavy atom. The molecule has 16 heavy (non-hydrogen) atoms. The number of fused-ring (bicyclic) bond motifs is 1. The van der Waals surface area contributed by atoms with Gasteiger partial charge >= 0.3 is 0 Å². The summed E-state index contributed by atoms with van der Waals surface area (Å²) in [4.78, 5) is 13.6. The van der Waals surface area contributed by atoms with Gasteiger partial charge in [-0.1, -0.05) is 6.07 Å². The first-order valence-corrected chi connectivity index (χ1v) is 5.41. The number of carbonyl (C=O) groups excluding carboxylic acids is 1. The summed E-state index contributed by atoms with van der Waals surface area (Å²) in [7, 11) is 0. The fourth-order valence-electron chi connectivity index (χ4n) is 2.03. The Labute approximate surface area is 93.5 Å². The largest absolute Gasteiger partial charge is 0.395 e. The molecule has 0 fully saturated rings. The highest BCUT2D eigenvalue weighted by Gasteiger charge is 2.22. The van der Waals surface area contributed by atoms with E-state index in [1.807, 2.05) is 0 Å². The number of aryl methyl sites for hydroxylation is 1. The maximum Gasteiger partial charge on any atom is 0.254 e. The first-order valence-electron chi connectivity index (χ1n) is 5.41. The Morgan fingerprint density at radius 1 is 1.44 bits per heavy atom. The molecule has 0 aliphatic carbocycles. The standard InChI is InChI=1S/C12H14FNO2/c13-10-4-3-9-2-1-5-14(6-7-15)12(16)11(9)8-10/h3-4,8,15H,1-2,5-7H2. The number of aliphatic hydroxyl groups is 1. The van der Waals surface area contributed by atoms with Crippen molar-refractivity contribution in [3.05, 3.63) is 35.1 Å². The van der Waals surface area contributed by atoms with Gasteiger partial charge in [0.1, 0.15) is 5.82 Å². The number of nitrogens with zero attached hydrogens (tertiary/aromatic N) is 1. The first-order chi connectivity index (χ1) is 7.72. The van der Waals surface area contributed by atoms with Crippen molar-refractivity contribution in [1.82, 2.24) is 4.90 Å². The van der Waals surface area contributed by atoms with Crippen LogP contribution in [0.15, 0.2) is 18.2 Å². The van der Waals surface area contributed by atoms with Gasteiger partial charge in [0, 0.05) is 18.7 Å². The summed E-state index contributed by atoms with van der Waals surface area (Å²) in [6.45, 7) is 0.876. The van der Waals surface area contributed by atoms with Crippen molar-refractivity contribution in [2.24, 2.45) is 0 Å². The number of hydrogen-bond donors (Lipinski definition) is 1. The quantitative estimate of drug-likeness (QED) is 0.818. The highest BCUT2D eigenvalue weighted by molar-refractivity contribution is 5.96. The summed E-state index contributed by atoms with van der Waals surface area (Å²) >= 11 is 0. The lowest BCUT2D eigenvalue weighted by molar-refractivity contribution is 0.0727. The molecular weight excluding hydrogens is 209 g/mol. The van der Waals surface area contributed by atoms with E-state index in [1.54, 1.807) is 11.0 Å². The molecule has 1 aliphatic heterocycles. The van der Waals surface area contributed by atoms with Gasteiger partial charge in [-0.2, -0.15) is 0 Å². The lowest BCUT2D eigenvalue weighted by atomic mass is 10.0. The van der Waals surface area contributed by atoms with Crippen LogP contribution >= 0.6 is 0 Å². The fraction of sp³-hybridized carbons (Fsp3) is 0.417.